The van der Waals surface area contributed by atoms with Crippen molar-refractivity contribution in [3.63, 3.8) is 0 Å². The number of fused-ring (bicyclic) bond motifs is 1. The minimum Gasteiger partial charge on any atom is -0.337 e. The Hall–Kier alpha value is -1.52. The van der Waals surface area contributed by atoms with Crippen molar-refractivity contribution in [2.75, 3.05) is 6.54 Å². The van der Waals surface area contributed by atoms with Crippen LogP contribution in [0.1, 0.15) is 37.1 Å². The molecule has 2 heterocycles. The van der Waals surface area contributed by atoms with Gasteiger partial charge in [-0.05, 0) is 44.4 Å². The van der Waals surface area contributed by atoms with E-state index in [-0.39, 0.29) is 5.91 Å². The molecule has 6 heteroatoms. The summed E-state index contributed by atoms with van der Waals surface area (Å²) in [5, 5.41) is 5.29. The maximum absolute atomic E-state index is 13.2. The zero-order chi connectivity index (χ0) is 17.5. The van der Waals surface area contributed by atoms with Crippen molar-refractivity contribution in [2.45, 2.75) is 38.6 Å². The first kappa shape index (κ1) is 17.3. The van der Waals surface area contributed by atoms with Crippen LogP contribution in [0, 0.1) is 0 Å². The van der Waals surface area contributed by atoms with Gasteiger partial charge in [-0.1, -0.05) is 29.3 Å². The molecule has 1 aromatic carbocycles. The van der Waals surface area contributed by atoms with Gasteiger partial charge in [-0.15, -0.1) is 0 Å². The minimum absolute atomic E-state index is 0.0950. The van der Waals surface area contributed by atoms with Crippen LogP contribution in [0.15, 0.2) is 24.4 Å². The molecule has 0 atom stereocenters. The van der Waals surface area contributed by atoms with Gasteiger partial charge in [-0.25, -0.2) is 0 Å². The van der Waals surface area contributed by atoms with Crippen molar-refractivity contribution in [3.05, 3.63) is 51.3 Å². The third-order valence-electron chi connectivity index (χ3n) is 4.81. The first-order chi connectivity index (χ1) is 11.3. The fourth-order valence-corrected chi connectivity index (χ4v) is 3.56. The number of hydrogen-bond acceptors (Lipinski definition) is 2. The number of nitrogens with zero attached hydrogens (tertiary/aromatic N) is 3. The number of carbonyl (C=O) groups is 1. The van der Waals surface area contributed by atoms with E-state index >= 15 is 0 Å². The largest absolute Gasteiger partial charge is 0.337 e. The van der Waals surface area contributed by atoms with Gasteiger partial charge in [-0.2, -0.15) is 5.10 Å². The predicted octanol–water partition coefficient (Wildman–Crippen LogP) is 3.98. The van der Waals surface area contributed by atoms with Gasteiger partial charge in [0.15, 0.2) is 0 Å². The molecule has 0 radical (unpaired) electrons. The monoisotopic (exact) mass is 365 g/mol. The van der Waals surface area contributed by atoms with Crippen LogP contribution in [-0.4, -0.2) is 27.1 Å². The quantitative estimate of drug-likeness (QED) is 0.806. The molecule has 0 unspecified atom stereocenters. The molecule has 3 rings (SSSR count). The number of aromatic nitrogens is 2. The Labute approximate surface area is 152 Å². The summed E-state index contributed by atoms with van der Waals surface area (Å²) in [6, 6.07) is 5.41. The van der Waals surface area contributed by atoms with E-state index in [4.69, 9.17) is 23.2 Å². The highest BCUT2D eigenvalue weighted by Gasteiger charge is 2.35. The second kappa shape index (κ2) is 6.41. The number of amides is 1. The van der Waals surface area contributed by atoms with Crippen LogP contribution in [0.2, 0.25) is 10.0 Å². The van der Waals surface area contributed by atoms with Crippen molar-refractivity contribution in [1.82, 2.24) is 14.7 Å². The average molecular weight is 366 g/mol. The summed E-state index contributed by atoms with van der Waals surface area (Å²) in [4.78, 5) is 15.1. The van der Waals surface area contributed by atoms with Crippen LogP contribution in [-0.2, 0) is 30.2 Å². The molecule has 1 amide bonds. The second-order valence-corrected chi connectivity index (χ2v) is 7.64. The predicted molar refractivity (Wildman–Crippen MR) is 96.4 cm³/mol. The molecule has 128 valence electrons. The molecule has 0 aliphatic carbocycles. The summed E-state index contributed by atoms with van der Waals surface area (Å²) in [6.07, 6.45) is 3.76. The molecule has 0 spiro atoms. The molecule has 2 aromatic rings. The molecule has 1 aliphatic rings. The maximum Gasteiger partial charge on any atom is 0.232 e. The Morgan fingerprint density at radius 2 is 2.00 bits per heavy atom. The van der Waals surface area contributed by atoms with E-state index < -0.39 is 5.41 Å². The minimum atomic E-state index is -0.666. The Bertz CT molecular complexity index is 783. The van der Waals surface area contributed by atoms with Crippen LogP contribution >= 0.6 is 23.2 Å². The van der Waals surface area contributed by atoms with Crippen molar-refractivity contribution < 1.29 is 4.79 Å². The Kier molecular flexibility index (Phi) is 4.63. The van der Waals surface area contributed by atoms with E-state index in [0.717, 1.165) is 30.5 Å². The van der Waals surface area contributed by atoms with E-state index in [1.807, 2.05) is 42.7 Å². The number of halogens is 2. The van der Waals surface area contributed by atoms with E-state index in [0.29, 0.717) is 16.6 Å². The summed E-state index contributed by atoms with van der Waals surface area (Å²) >= 11 is 12.1. The van der Waals surface area contributed by atoms with Gasteiger partial charge in [-0.3, -0.25) is 9.48 Å². The molecule has 1 aliphatic heterocycles. The van der Waals surface area contributed by atoms with Gasteiger partial charge in [0.05, 0.1) is 21.7 Å². The normalized spacial score (nSPS) is 15.1. The molecule has 0 bridgehead atoms. The first-order valence-corrected chi connectivity index (χ1v) is 8.81. The van der Waals surface area contributed by atoms with Gasteiger partial charge in [0.25, 0.3) is 0 Å². The van der Waals surface area contributed by atoms with Crippen LogP contribution in [0.3, 0.4) is 0 Å². The van der Waals surface area contributed by atoms with Crippen LogP contribution in [0.25, 0.3) is 0 Å². The number of hydrogen-bond donors (Lipinski definition) is 0. The van der Waals surface area contributed by atoms with E-state index in [2.05, 4.69) is 5.10 Å². The molecule has 24 heavy (non-hydrogen) atoms. The van der Waals surface area contributed by atoms with Crippen molar-refractivity contribution in [3.8, 4) is 0 Å². The Morgan fingerprint density at radius 3 is 2.71 bits per heavy atom. The van der Waals surface area contributed by atoms with Crippen molar-refractivity contribution in [2.24, 2.45) is 7.05 Å². The topological polar surface area (TPSA) is 38.1 Å². The summed E-state index contributed by atoms with van der Waals surface area (Å²) in [5.41, 5.74) is 2.56. The Balaban J connectivity index is 1.88. The molecule has 0 fully saturated rings. The van der Waals surface area contributed by atoms with Gasteiger partial charge in [0.1, 0.15) is 0 Å². The summed E-state index contributed by atoms with van der Waals surface area (Å²) in [5.74, 6) is 0.0950. The van der Waals surface area contributed by atoms with Gasteiger partial charge >= 0.3 is 0 Å². The zero-order valence-electron chi connectivity index (χ0n) is 14.1. The van der Waals surface area contributed by atoms with Crippen molar-refractivity contribution in [1.29, 1.82) is 0 Å². The van der Waals surface area contributed by atoms with Crippen LogP contribution in [0.5, 0.6) is 0 Å². The summed E-state index contributed by atoms with van der Waals surface area (Å²) < 4.78 is 1.91. The van der Waals surface area contributed by atoms with E-state index in [9.17, 15) is 4.79 Å². The second-order valence-electron chi connectivity index (χ2n) is 6.82. The van der Waals surface area contributed by atoms with Gasteiger partial charge in [0, 0.05) is 31.4 Å². The summed E-state index contributed by atoms with van der Waals surface area (Å²) in [7, 11) is 1.95. The fraction of sp³-hybridized carbons (Fsp3) is 0.444. The van der Waals surface area contributed by atoms with E-state index in [1.165, 1.54) is 5.69 Å². The van der Waals surface area contributed by atoms with Gasteiger partial charge < -0.3 is 4.90 Å². The lowest BCUT2D eigenvalue weighted by Crippen LogP contribution is -2.43. The third kappa shape index (κ3) is 3.05. The average Bonchev–Trinajstić information content (AvgIpc) is 2.77. The van der Waals surface area contributed by atoms with E-state index in [1.54, 1.807) is 12.1 Å². The molecular formula is C18H21Cl2N3O. The SMILES string of the molecule is Cn1ncc2c1CCCN(C(=O)C(C)(C)c1ccc(Cl)c(Cl)c1)C2. The fourth-order valence-electron chi connectivity index (χ4n) is 3.26. The molecule has 0 saturated heterocycles. The van der Waals surface area contributed by atoms with Crippen LogP contribution < -0.4 is 0 Å². The number of carbonyl (C=O) groups excluding carboxylic acids is 1. The third-order valence-corrected chi connectivity index (χ3v) is 5.55. The van der Waals surface area contributed by atoms with Gasteiger partial charge in [0.2, 0.25) is 5.91 Å². The number of rotatable bonds is 2. The molecular weight excluding hydrogens is 345 g/mol. The van der Waals surface area contributed by atoms with Crippen molar-refractivity contribution >= 4 is 29.1 Å². The maximum atomic E-state index is 13.2. The Morgan fingerprint density at radius 1 is 1.25 bits per heavy atom. The molecule has 0 N–H and O–H groups in total. The lowest BCUT2D eigenvalue weighted by molar-refractivity contribution is -0.136. The first-order valence-electron chi connectivity index (χ1n) is 8.05. The summed E-state index contributed by atoms with van der Waals surface area (Å²) in [6.45, 7) is 5.22. The molecule has 4 nitrogen and oxygen atoms in total. The van der Waals surface area contributed by atoms with Crippen LogP contribution in [0.4, 0.5) is 0 Å². The number of aryl methyl sites for hydroxylation is 1. The lowest BCUT2D eigenvalue weighted by atomic mass is 9.83. The molecule has 0 saturated carbocycles. The standard InChI is InChI=1S/C18H21Cl2N3O/c1-18(2,13-6-7-14(19)15(20)9-13)17(24)23-8-4-5-16-12(11-23)10-21-22(16)3/h6-7,9-10H,4-5,8,11H2,1-3H3. The highest BCUT2D eigenvalue weighted by Crippen LogP contribution is 2.32. The number of benzene rings is 1. The highest BCUT2D eigenvalue weighted by atomic mass is 35.5. The zero-order valence-corrected chi connectivity index (χ0v) is 15.7. The lowest BCUT2D eigenvalue weighted by Gasteiger charge is -2.32. The highest BCUT2D eigenvalue weighted by molar-refractivity contribution is 6.42. The smallest absolute Gasteiger partial charge is 0.232 e. The molecule has 1 aromatic heterocycles.